The molecule has 0 aliphatic carbocycles. The van der Waals surface area contributed by atoms with Crippen LogP contribution in [0.4, 0.5) is 10.2 Å². The quantitative estimate of drug-likeness (QED) is 0.114. The monoisotopic (exact) mass is 637 g/mol. The fourth-order valence-corrected chi connectivity index (χ4v) is 7.09. The molecule has 4 heterocycles. The van der Waals surface area contributed by atoms with Crippen LogP contribution in [0.3, 0.4) is 0 Å². The Morgan fingerprint density at radius 3 is 2.45 bits per heavy atom. The zero-order chi connectivity index (χ0) is 29.6. The molecule has 2 aliphatic heterocycles. The maximum Gasteiger partial charge on any atom is 0.481 e. The van der Waals surface area contributed by atoms with Gasteiger partial charge >= 0.3 is 14.5 Å². The highest BCUT2D eigenvalue weighted by Gasteiger charge is 2.51. The molecule has 7 unspecified atom stereocenters. The number of aliphatic hydroxyl groups excluding tert-OH is 6. The number of rotatable bonds is 10. The number of aromatic nitrogens is 4. The predicted molar refractivity (Wildman–Crippen MR) is 129 cm³/mol. The molecule has 0 bridgehead atoms. The highest BCUT2D eigenvalue weighted by Crippen LogP contribution is 2.61. The molecule has 2 aromatic heterocycles. The van der Waals surface area contributed by atoms with Gasteiger partial charge in [-0.2, -0.15) is 0 Å². The third-order valence-corrected chi connectivity index (χ3v) is 9.50. The van der Waals surface area contributed by atoms with Gasteiger partial charge in [0.1, 0.15) is 54.6 Å². The average molecular weight is 637 g/mol. The Labute approximate surface area is 228 Å². The number of anilines is 1. The molecule has 19 nitrogen and oxygen atoms in total. The maximum atomic E-state index is 13.9. The van der Waals surface area contributed by atoms with E-state index in [0.29, 0.717) is 0 Å². The van der Waals surface area contributed by atoms with Crippen LogP contribution in [0.5, 0.6) is 0 Å². The Balaban J connectivity index is 1.38. The molecule has 0 radical (unpaired) electrons. The molecule has 2 aromatic rings. The van der Waals surface area contributed by atoms with Crippen LogP contribution in [0.15, 0.2) is 12.7 Å². The van der Waals surface area contributed by atoms with Crippen LogP contribution in [0.25, 0.3) is 11.2 Å². The molecule has 10 N–H and O–H groups in total. The molecular formula is C17H26FN5O14P2S. The lowest BCUT2D eigenvalue weighted by molar-refractivity contribution is -0.287. The summed E-state index contributed by atoms with van der Waals surface area (Å²) >= 11 is 4.68. The van der Waals surface area contributed by atoms with Crippen LogP contribution in [0.1, 0.15) is 6.23 Å². The summed E-state index contributed by atoms with van der Waals surface area (Å²) < 4.78 is 52.0. The first-order chi connectivity index (χ1) is 18.7. The molecule has 2 fully saturated rings. The van der Waals surface area contributed by atoms with Crippen LogP contribution < -0.4 is 5.73 Å². The van der Waals surface area contributed by atoms with E-state index in [2.05, 4.69) is 35.6 Å². The molecule has 12 atom stereocenters. The second kappa shape index (κ2) is 12.1. The molecular weight excluding hydrogens is 611 g/mol. The van der Waals surface area contributed by atoms with Crippen molar-refractivity contribution in [1.82, 2.24) is 19.5 Å². The summed E-state index contributed by atoms with van der Waals surface area (Å²) in [5.74, 6) is 0.0516. The van der Waals surface area contributed by atoms with Gasteiger partial charge in [0.2, 0.25) is 0 Å². The van der Waals surface area contributed by atoms with Gasteiger partial charge in [-0.25, -0.2) is 28.2 Å². The second-order valence-corrected chi connectivity index (χ2v) is 13.1. The number of hydrogen-bond donors (Lipinski definition) is 9. The van der Waals surface area contributed by atoms with Crippen molar-refractivity contribution in [1.29, 1.82) is 0 Å². The number of nitrogens with two attached hydrogens (primary N) is 1. The summed E-state index contributed by atoms with van der Waals surface area (Å²) in [7, 11) is -5.49. The summed E-state index contributed by atoms with van der Waals surface area (Å²) in [4.78, 5) is 32.1. The van der Waals surface area contributed by atoms with Crippen LogP contribution in [0.2, 0.25) is 0 Å². The van der Waals surface area contributed by atoms with Gasteiger partial charge in [0.15, 0.2) is 30.2 Å². The fourth-order valence-electron chi connectivity index (χ4n) is 3.99. The maximum absolute atomic E-state index is 13.9. The molecule has 226 valence electrons. The third-order valence-electron chi connectivity index (χ3n) is 5.98. The second-order valence-electron chi connectivity index (χ2n) is 8.69. The summed E-state index contributed by atoms with van der Waals surface area (Å²) in [6.45, 7) is -6.63. The third kappa shape index (κ3) is 6.50. The average Bonchev–Trinajstić information content (AvgIpc) is 3.43. The van der Waals surface area contributed by atoms with Gasteiger partial charge in [0.25, 0.3) is 0 Å². The molecule has 23 heteroatoms. The van der Waals surface area contributed by atoms with E-state index < -0.39 is 89.2 Å². The first-order valence-corrected chi connectivity index (χ1v) is 15.3. The number of nitrogen functional groups attached to an aromatic ring is 1. The van der Waals surface area contributed by atoms with E-state index >= 15 is 0 Å². The number of phosphoric ester groups is 1. The van der Waals surface area contributed by atoms with E-state index in [-0.39, 0.29) is 17.0 Å². The van der Waals surface area contributed by atoms with Gasteiger partial charge < -0.3 is 60.2 Å². The lowest BCUT2D eigenvalue weighted by atomic mass is 9.96. The normalized spacial score (nSPS) is 36.8. The number of phosphoric acid groups is 1. The molecule has 0 spiro atoms. The van der Waals surface area contributed by atoms with E-state index in [4.69, 9.17) is 24.8 Å². The van der Waals surface area contributed by atoms with Crippen LogP contribution in [0, 0.1) is 0 Å². The van der Waals surface area contributed by atoms with Gasteiger partial charge in [0, 0.05) is 0 Å². The number of aliphatic hydroxyl groups is 6. The first-order valence-electron chi connectivity index (χ1n) is 11.2. The summed E-state index contributed by atoms with van der Waals surface area (Å²) in [6, 6.07) is 0. The Morgan fingerprint density at radius 1 is 1.07 bits per heavy atom. The standard InChI is InChI=1S/C17H26FN5O14P2S/c18-5(1-24)13-10(27)9(26)12(29)17(35-13)36-38(30,31)37-39(32,40)33-2-6-8(25)11(28)16(34-6)23-4-22-7-14(19)20-3-21-15(7)23/h3-6,8-13,16-17,24-29H,1-2H2,(H,30,31)(H,32,40)(H2,19,20,21)/t5-,6+,8?,9?,10-,11?,12?,13?,16+,17-,39?/m0/s1. The lowest BCUT2D eigenvalue weighted by Gasteiger charge is -2.41. The zero-order valence-electron chi connectivity index (χ0n) is 19.9. The molecule has 0 saturated carbocycles. The topological polar surface area (TPSA) is 295 Å². The summed E-state index contributed by atoms with van der Waals surface area (Å²) in [6.07, 6.45) is -16.3. The molecule has 4 rings (SSSR count). The number of hydrogen-bond acceptors (Lipinski definition) is 17. The number of imidazole rings is 1. The number of nitrogens with zero attached hydrogens (tertiary/aromatic N) is 4. The Morgan fingerprint density at radius 2 is 1.77 bits per heavy atom. The number of fused-ring (bicyclic) bond motifs is 1. The summed E-state index contributed by atoms with van der Waals surface area (Å²) in [5.41, 5.74) is 6.10. The van der Waals surface area contributed by atoms with Crippen molar-refractivity contribution in [2.75, 3.05) is 18.9 Å². The van der Waals surface area contributed by atoms with Gasteiger partial charge in [-0.1, -0.05) is 0 Å². The van der Waals surface area contributed by atoms with Crippen molar-refractivity contribution in [3.63, 3.8) is 0 Å². The largest absolute Gasteiger partial charge is 0.481 e. The van der Waals surface area contributed by atoms with Crippen molar-refractivity contribution in [3.05, 3.63) is 12.7 Å². The highest BCUT2D eigenvalue weighted by atomic mass is 32.5. The van der Waals surface area contributed by atoms with Gasteiger partial charge in [0.05, 0.1) is 19.5 Å². The van der Waals surface area contributed by atoms with E-state index in [0.717, 1.165) is 6.33 Å². The first kappa shape index (κ1) is 31.6. The van der Waals surface area contributed by atoms with Crippen molar-refractivity contribution < 1.29 is 72.2 Å². The van der Waals surface area contributed by atoms with Gasteiger partial charge in [-0.3, -0.25) is 9.09 Å². The lowest BCUT2D eigenvalue weighted by Crippen LogP contribution is -2.60. The minimum Gasteiger partial charge on any atom is -0.393 e. The zero-order valence-corrected chi connectivity index (χ0v) is 22.5. The van der Waals surface area contributed by atoms with Crippen LogP contribution in [-0.2, 0) is 39.2 Å². The predicted octanol–water partition coefficient (Wildman–Crippen LogP) is -3.47. The Bertz CT molecular complexity index is 1300. The molecule has 0 aromatic carbocycles. The summed E-state index contributed by atoms with van der Waals surface area (Å²) in [5, 5.41) is 59.5. The molecule has 2 saturated heterocycles. The van der Waals surface area contributed by atoms with Crippen molar-refractivity contribution in [2.24, 2.45) is 0 Å². The number of halogens is 1. The minimum atomic E-state index is -5.49. The Hall–Kier alpha value is -1.36. The van der Waals surface area contributed by atoms with Crippen molar-refractivity contribution in [2.45, 2.75) is 61.4 Å². The van der Waals surface area contributed by atoms with E-state index in [9.17, 15) is 44.3 Å². The molecule has 2 aliphatic rings. The number of ether oxygens (including phenoxy) is 2. The van der Waals surface area contributed by atoms with E-state index in [1.54, 1.807) is 0 Å². The molecule has 0 amide bonds. The van der Waals surface area contributed by atoms with Gasteiger partial charge in [-0.05, 0) is 11.8 Å². The minimum absolute atomic E-state index is 0.0516. The van der Waals surface area contributed by atoms with Crippen molar-refractivity contribution in [3.8, 4) is 0 Å². The van der Waals surface area contributed by atoms with Crippen molar-refractivity contribution >= 4 is 43.3 Å². The van der Waals surface area contributed by atoms with Crippen LogP contribution in [-0.4, -0.2) is 128 Å². The number of alkyl halides is 1. The van der Waals surface area contributed by atoms with Crippen LogP contribution >= 0.6 is 14.5 Å². The Kier molecular flexibility index (Phi) is 9.55. The smallest absolute Gasteiger partial charge is 0.393 e. The van der Waals surface area contributed by atoms with E-state index in [1.807, 2.05) is 0 Å². The molecule has 40 heavy (non-hydrogen) atoms. The van der Waals surface area contributed by atoms with E-state index in [1.165, 1.54) is 10.9 Å². The fraction of sp³-hybridized carbons (Fsp3) is 0.706. The SMILES string of the molecule is Nc1ncnc2c1ncn2[C@@H]1O[C@H](COP(O)(=S)OP(=O)(O)O[C@@H]2OC([C@@H](F)CO)[C@@H](O)C(O)C2O)C(O)C1O. The van der Waals surface area contributed by atoms with Gasteiger partial charge in [-0.15, -0.1) is 0 Å². The highest BCUT2D eigenvalue weighted by molar-refractivity contribution is 8.08.